The quantitative estimate of drug-likeness (QED) is 0.830. The number of pyridine rings is 1. The summed E-state index contributed by atoms with van der Waals surface area (Å²) >= 11 is 0. The molecule has 0 atom stereocenters. The third-order valence-corrected chi connectivity index (χ3v) is 4.32. The number of hydrogen-bond acceptors (Lipinski definition) is 6. The topological polar surface area (TPSA) is 78.0 Å². The van der Waals surface area contributed by atoms with E-state index in [9.17, 15) is 9.59 Å². The second kappa shape index (κ2) is 6.06. The van der Waals surface area contributed by atoms with E-state index in [2.05, 4.69) is 4.98 Å². The molecule has 0 aromatic carbocycles. The van der Waals surface area contributed by atoms with Crippen LogP contribution in [-0.2, 0) is 4.74 Å². The van der Waals surface area contributed by atoms with Crippen LogP contribution in [0.25, 0.3) is 0 Å². The van der Waals surface area contributed by atoms with Gasteiger partial charge in [0.05, 0.1) is 20.1 Å². The number of piperidine rings is 1. The molecule has 3 heterocycles. The lowest BCUT2D eigenvalue weighted by molar-refractivity contribution is -0.00935. The number of rotatable bonds is 2. The Morgan fingerprint density at radius 2 is 2.13 bits per heavy atom. The van der Waals surface area contributed by atoms with Crippen LogP contribution in [0.3, 0.4) is 0 Å². The SMILES string of the molecule is CCOC(=O)N1CCC2(CC1)CC(=O)c1nc(OC)ccc1O2. The van der Waals surface area contributed by atoms with Crippen molar-refractivity contribution >= 4 is 11.9 Å². The largest absolute Gasteiger partial charge is 0.484 e. The summed E-state index contributed by atoms with van der Waals surface area (Å²) in [5, 5.41) is 0. The van der Waals surface area contributed by atoms with E-state index in [1.165, 1.54) is 7.11 Å². The highest BCUT2D eigenvalue weighted by molar-refractivity contribution is 5.98. The normalized spacial score (nSPS) is 19.0. The minimum atomic E-state index is -0.552. The summed E-state index contributed by atoms with van der Waals surface area (Å²) < 4.78 is 16.2. The van der Waals surface area contributed by atoms with Gasteiger partial charge < -0.3 is 19.1 Å². The van der Waals surface area contributed by atoms with E-state index in [0.717, 1.165) is 0 Å². The highest BCUT2D eigenvalue weighted by atomic mass is 16.6. The Kier molecular flexibility index (Phi) is 4.11. The van der Waals surface area contributed by atoms with Crippen LogP contribution in [0.5, 0.6) is 11.6 Å². The van der Waals surface area contributed by atoms with Gasteiger partial charge in [-0.3, -0.25) is 4.79 Å². The van der Waals surface area contributed by atoms with E-state index in [1.807, 2.05) is 0 Å². The van der Waals surface area contributed by atoms with Crippen molar-refractivity contribution in [3.05, 3.63) is 17.8 Å². The molecule has 124 valence electrons. The Hall–Kier alpha value is -2.31. The Balaban J connectivity index is 1.73. The Labute approximate surface area is 134 Å². The fourth-order valence-corrected chi connectivity index (χ4v) is 3.06. The molecule has 0 radical (unpaired) electrons. The lowest BCUT2D eigenvalue weighted by atomic mass is 9.83. The van der Waals surface area contributed by atoms with Crippen LogP contribution in [-0.4, -0.2) is 54.2 Å². The molecule has 1 aromatic heterocycles. The first kappa shape index (κ1) is 15.6. The van der Waals surface area contributed by atoms with Crippen LogP contribution in [0, 0.1) is 0 Å². The van der Waals surface area contributed by atoms with Crippen molar-refractivity contribution in [2.75, 3.05) is 26.8 Å². The molecule has 0 bridgehead atoms. The van der Waals surface area contributed by atoms with Crippen molar-refractivity contribution in [1.82, 2.24) is 9.88 Å². The smallest absolute Gasteiger partial charge is 0.409 e. The van der Waals surface area contributed by atoms with Gasteiger partial charge in [0.25, 0.3) is 0 Å². The molecule has 0 N–H and O–H groups in total. The molecule has 23 heavy (non-hydrogen) atoms. The molecule has 1 aromatic rings. The average Bonchev–Trinajstić information content (AvgIpc) is 2.55. The van der Waals surface area contributed by atoms with E-state index in [-0.39, 0.29) is 18.3 Å². The highest BCUT2D eigenvalue weighted by Gasteiger charge is 2.44. The van der Waals surface area contributed by atoms with Crippen LogP contribution in [0.2, 0.25) is 0 Å². The molecular formula is C16H20N2O5. The van der Waals surface area contributed by atoms with Crippen molar-refractivity contribution in [2.45, 2.75) is 31.8 Å². The number of amides is 1. The van der Waals surface area contributed by atoms with E-state index >= 15 is 0 Å². The van der Waals surface area contributed by atoms with Gasteiger partial charge in [-0.25, -0.2) is 9.78 Å². The standard InChI is InChI=1S/C16H20N2O5/c1-3-22-15(20)18-8-6-16(7-9-18)10-11(19)14-12(23-16)4-5-13(17-14)21-2/h4-5H,3,6-10H2,1-2H3. The van der Waals surface area contributed by atoms with Gasteiger partial charge in [-0.1, -0.05) is 0 Å². The molecule has 1 spiro atoms. The van der Waals surface area contributed by atoms with Crippen LogP contribution >= 0.6 is 0 Å². The van der Waals surface area contributed by atoms with E-state index in [0.29, 0.717) is 49.9 Å². The molecule has 7 nitrogen and oxygen atoms in total. The first-order chi connectivity index (χ1) is 11.1. The maximum atomic E-state index is 12.4. The molecule has 0 saturated carbocycles. The second-order valence-electron chi connectivity index (χ2n) is 5.77. The van der Waals surface area contributed by atoms with Gasteiger partial charge in [0.2, 0.25) is 5.88 Å². The third kappa shape index (κ3) is 2.95. The minimum absolute atomic E-state index is 0.0465. The number of ketones is 1. The number of fused-ring (bicyclic) bond motifs is 1. The molecule has 0 aliphatic carbocycles. The number of nitrogens with zero attached hydrogens (tertiary/aromatic N) is 2. The number of hydrogen-bond donors (Lipinski definition) is 0. The average molecular weight is 320 g/mol. The van der Waals surface area contributed by atoms with Gasteiger partial charge in [-0.05, 0) is 13.0 Å². The molecule has 1 saturated heterocycles. The monoisotopic (exact) mass is 320 g/mol. The van der Waals surface area contributed by atoms with Crippen molar-refractivity contribution in [3.63, 3.8) is 0 Å². The zero-order valence-corrected chi connectivity index (χ0v) is 13.3. The number of carbonyl (C=O) groups excluding carboxylic acids is 2. The number of carbonyl (C=O) groups is 2. The van der Waals surface area contributed by atoms with Crippen LogP contribution in [0.15, 0.2) is 12.1 Å². The maximum Gasteiger partial charge on any atom is 0.409 e. The summed E-state index contributed by atoms with van der Waals surface area (Å²) in [7, 11) is 1.51. The van der Waals surface area contributed by atoms with Crippen LogP contribution in [0.1, 0.15) is 36.7 Å². The summed E-state index contributed by atoms with van der Waals surface area (Å²) in [6.07, 6.45) is 1.17. The molecule has 1 fully saturated rings. The molecule has 2 aliphatic rings. The summed E-state index contributed by atoms with van der Waals surface area (Å²) in [6.45, 7) is 3.18. The summed E-state index contributed by atoms with van der Waals surface area (Å²) in [4.78, 5) is 30.1. The van der Waals surface area contributed by atoms with Gasteiger partial charge in [-0.2, -0.15) is 0 Å². The molecule has 7 heteroatoms. The molecule has 1 amide bonds. The highest BCUT2D eigenvalue weighted by Crippen LogP contribution is 2.39. The lowest BCUT2D eigenvalue weighted by Crippen LogP contribution is -2.52. The number of ether oxygens (including phenoxy) is 3. The van der Waals surface area contributed by atoms with Gasteiger partial charge in [0, 0.05) is 32.0 Å². The van der Waals surface area contributed by atoms with Crippen molar-refractivity contribution in [2.24, 2.45) is 0 Å². The Morgan fingerprint density at radius 1 is 1.39 bits per heavy atom. The van der Waals surface area contributed by atoms with Crippen LogP contribution < -0.4 is 9.47 Å². The zero-order valence-electron chi connectivity index (χ0n) is 13.3. The van der Waals surface area contributed by atoms with Gasteiger partial charge in [0.15, 0.2) is 11.5 Å². The zero-order chi connectivity index (χ0) is 16.4. The van der Waals surface area contributed by atoms with E-state index < -0.39 is 5.60 Å². The molecular weight excluding hydrogens is 300 g/mol. The Bertz CT molecular complexity index is 623. The van der Waals surface area contributed by atoms with Gasteiger partial charge in [0.1, 0.15) is 11.4 Å². The first-order valence-electron chi connectivity index (χ1n) is 7.76. The van der Waals surface area contributed by atoms with Crippen molar-refractivity contribution in [1.29, 1.82) is 0 Å². The van der Waals surface area contributed by atoms with E-state index in [1.54, 1.807) is 24.0 Å². The summed E-state index contributed by atoms with van der Waals surface area (Å²) in [5.41, 5.74) is -0.230. The second-order valence-corrected chi connectivity index (χ2v) is 5.77. The minimum Gasteiger partial charge on any atom is -0.484 e. The van der Waals surface area contributed by atoms with E-state index in [4.69, 9.17) is 14.2 Å². The lowest BCUT2D eigenvalue weighted by Gasteiger charge is -2.43. The molecule has 0 unspecified atom stereocenters. The number of likely N-dealkylation sites (tertiary alicyclic amines) is 1. The van der Waals surface area contributed by atoms with Crippen LogP contribution in [0.4, 0.5) is 4.79 Å². The number of Topliss-reactive ketones (excluding diaryl/α,β-unsaturated/α-hetero) is 1. The van der Waals surface area contributed by atoms with Gasteiger partial charge in [-0.15, -0.1) is 0 Å². The fourth-order valence-electron chi connectivity index (χ4n) is 3.06. The first-order valence-corrected chi connectivity index (χ1v) is 7.76. The summed E-state index contributed by atoms with van der Waals surface area (Å²) in [6, 6.07) is 3.40. The van der Waals surface area contributed by atoms with Crippen molar-refractivity contribution < 1.29 is 23.8 Å². The van der Waals surface area contributed by atoms with Gasteiger partial charge >= 0.3 is 6.09 Å². The molecule has 3 rings (SSSR count). The predicted octanol–water partition coefficient (Wildman–Crippen LogP) is 2.05. The summed E-state index contributed by atoms with van der Waals surface area (Å²) in [5.74, 6) is 0.843. The fraction of sp³-hybridized carbons (Fsp3) is 0.562. The van der Waals surface area contributed by atoms with Crippen molar-refractivity contribution in [3.8, 4) is 11.6 Å². The number of methoxy groups -OCH3 is 1. The molecule has 2 aliphatic heterocycles. The maximum absolute atomic E-state index is 12.4. The Morgan fingerprint density at radius 3 is 2.78 bits per heavy atom. The number of aromatic nitrogens is 1. The third-order valence-electron chi connectivity index (χ3n) is 4.32. The predicted molar refractivity (Wildman–Crippen MR) is 80.9 cm³/mol.